The summed E-state index contributed by atoms with van der Waals surface area (Å²) in [5, 5.41) is 13.4. The van der Waals surface area contributed by atoms with Crippen molar-refractivity contribution in [2.45, 2.75) is 13.3 Å². The lowest BCUT2D eigenvalue weighted by Crippen LogP contribution is -2.08. The average Bonchev–Trinajstić information content (AvgIpc) is 3.05. The number of carboxylic acid groups (broad SMARTS) is 1. The minimum absolute atomic E-state index is 0.150. The van der Waals surface area contributed by atoms with Gasteiger partial charge in [0.1, 0.15) is 0 Å². The van der Waals surface area contributed by atoms with Crippen molar-refractivity contribution in [2.75, 3.05) is 11.9 Å². The maximum absolute atomic E-state index is 10.8. The zero-order valence-electron chi connectivity index (χ0n) is 10.2. The Kier molecular flexibility index (Phi) is 2.51. The minimum Gasteiger partial charge on any atom is -0.481 e. The summed E-state index contributed by atoms with van der Waals surface area (Å²) in [5.74, 6) is -0.545. The van der Waals surface area contributed by atoms with Gasteiger partial charge in [-0.05, 0) is 25.3 Å². The number of aryl methyl sites for hydroxylation is 1. The molecule has 2 unspecified atom stereocenters. The summed E-state index contributed by atoms with van der Waals surface area (Å²) < 4.78 is 0. The van der Waals surface area contributed by atoms with Crippen molar-refractivity contribution in [3.63, 3.8) is 0 Å². The second kappa shape index (κ2) is 4.05. The lowest BCUT2D eigenvalue weighted by atomic mass is 10.2. The third-order valence-corrected chi connectivity index (χ3v) is 3.67. The summed E-state index contributed by atoms with van der Waals surface area (Å²) in [6, 6.07) is 8.13. The molecule has 2 atom stereocenters. The maximum atomic E-state index is 10.8. The first-order valence-electron chi connectivity index (χ1n) is 6.21. The number of fused-ring (bicyclic) bond motifs is 1. The number of H-pyrrole nitrogens is 1. The van der Waals surface area contributed by atoms with Gasteiger partial charge < -0.3 is 15.4 Å². The number of nitrogens with one attached hydrogen (secondary N) is 2. The molecule has 1 aliphatic carbocycles. The summed E-state index contributed by atoms with van der Waals surface area (Å²) in [5.41, 5.74) is 3.31. The van der Waals surface area contributed by atoms with Gasteiger partial charge in [0.15, 0.2) is 0 Å². The fraction of sp³-hybridized carbons (Fsp3) is 0.357. The van der Waals surface area contributed by atoms with Crippen LogP contribution < -0.4 is 5.32 Å². The Labute approximate surface area is 105 Å². The van der Waals surface area contributed by atoms with E-state index in [0.29, 0.717) is 0 Å². The van der Waals surface area contributed by atoms with Gasteiger partial charge in [0.25, 0.3) is 0 Å². The van der Waals surface area contributed by atoms with E-state index in [4.69, 9.17) is 5.11 Å². The topological polar surface area (TPSA) is 65.1 Å². The monoisotopic (exact) mass is 244 g/mol. The van der Waals surface area contributed by atoms with E-state index in [9.17, 15) is 4.79 Å². The molecule has 0 amide bonds. The first kappa shape index (κ1) is 11.1. The SMILES string of the molecule is Cc1[nH]c2ccccc2c1NCC1CC1C(=O)O. The number of aliphatic carboxylic acids is 1. The maximum Gasteiger partial charge on any atom is 0.306 e. The molecule has 0 saturated heterocycles. The highest BCUT2D eigenvalue weighted by Crippen LogP contribution is 2.39. The van der Waals surface area contributed by atoms with Gasteiger partial charge in [0.2, 0.25) is 0 Å². The summed E-state index contributed by atoms with van der Waals surface area (Å²) in [4.78, 5) is 14.1. The number of para-hydroxylation sites is 1. The van der Waals surface area contributed by atoms with Gasteiger partial charge in [-0.3, -0.25) is 4.79 Å². The molecule has 1 aliphatic rings. The molecule has 1 heterocycles. The summed E-state index contributed by atoms with van der Waals surface area (Å²) in [6.07, 6.45) is 0.795. The molecule has 1 aromatic carbocycles. The minimum atomic E-state index is -0.669. The Bertz CT molecular complexity index is 603. The van der Waals surface area contributed by atoms with Crippen molar-refractivity contribution in [3.8, 4) is 0 Å². The van der Waals surface area contributed by atoms with E-state index in [-0.39, 0.29) is 11.8 Å². The second-order valence-corrected chi connectivity index (χ2v) is 4.99. The van der Waals surface area contributed by atoms with Gasteiger partial charge in [-0.25, -0.2) is 0 Å². The van der Waals surface area contributed by atoms with Crippen LogP contribution in [0.25, 0.3) is 10.9 Å². The average molecular weight is 244 g/mol. The second-order valence-electron chi connectivity index (χ2n) is 4.99. The first-order valence-corrected chi connectivity index (χ1v) is 6.21. The van der Waals surface area contributed by atoms with Crippen molar-refractivity contribution in [3.05, 3.63) is 30.0 Å². The van der Waals surface area contributed by atoms with Crippen LogP contribution >= 0.6 is 0 Å². The van der Waals surface area contributed by atoms with E-state index in [1.54, 1.807) is 0 Å². The Morgan fingerprint density at radius 3 is 3.00 bits per heavy atom. The van der Waals surface area contributed by atoms with E-state index in [2.05, 4.69) is 16.4 Å². The zero-order chi connectivity index (χ0) is 12.7. The fourth-order valence-electron chi connectivity index (χ4n) is 2.51. The van der Waals surface area contributed by atoms with Crippen molar-refractivity contribution < 1.29 is 9.90 Å². The van der Waals surface area contributed by atoms with Gasteiger partial charge in [-0.1, -0.05) is 18.2 Å². The molecule has 0 spiro atoms. The van der Waals surface area contributed by atoms with Gasteiger partial charge >= 0.3 is 5.97 Å². The number of aromatic nitrogens is 1. The largest absolute Gasteiger partial charge is 0.481 e. The summed E-state index contributed by atoms with van der Waals surface area (Å²) in [6.45, 7) is 2.77. The van der Waals surface area contributed by atoms with Crippen LogP contribution in [-0.2, 0) is 4.79 Å². The molecular formula is C14H16N2O2. The number of rotatable bonds is 4. The van der Waals surface area contributed by atoms with Crippen molar-refractivity contribution in [2.24, 2.45) is 11.8 Å². The van der Waals surface area contributed by atoms with Gasteiger partial charge in [0.05, 0.1) is 11.6 Å². The molecule has 18 heavy (non-hydrogen) atoms. The Morgan fingerprint density at radius 1 is 1.50 bits per heavy atom. The molecule has 0 bridgehead atoms. The molecule has 1 fully saturated rings. The van der Waals surface area contributed by atoms with E-state index in [1.807, 2.05) is 25.1 Å². The summed E-state index contributed by atoms with van der Waals surface area (Å²) in [7, 11) is 0. The third kappa shape index (κ3) is 1.83. The fourth-order valence-corrected chi connectivity index (χ4v) is 2.51. The molecule has 2 aromatic rings. The molecule has 1 saturated carbocycles. The van der Waals surface area contributed by atoms with Crippen LogP contribution in [-0.4, -0.2) is 22.6 Å². The smallest absolute Gasteiger partial charge is 0.306 e. The number of hydrogen-bond acceptors (Lipinski definition) is 2. The molecular weight excluding hydrogens is 228 g/mol. The van der Waals surface area contributed by atoms with E-state index in [1.165, 1.54) is 5.39 Å². The molecule has 3 N–H and O–H groups in total. The lowest BCUT2D eigenvalue weighted by Gasteiger charge is -2.05. The van der Waals surface area contributed by atoms with Crippen molar-refractivity contribution in [1.29, 1.82) is 0 Å². The van der Waals surface area contributed by atoms with Crippen LogP contribution in [0.3, 0.4) is 0 Å². The van der Waals surface area contributed by atoms with Crippen LogP contribution in [0, 0.1) is 18.8 Å². The van der Waals surface area contributed by atoms with Gasteiger partial charge in [-0.15, -0.1) is 0 Å². The number of anilines is 1. The summed E-state index contributed by atoms with van der Waals surface area (Å²) >= 11 is 0. The standard InChI is InChI=1S/C14H16N2O2/c1-8-13(10-4-2-3-5-12(10)16-8)15-7-9-6-11(9)14(17)18/h2-5,9,11,15-16H,6-7H2,1H3,(H,17,18). The van der Waals surface area contributed by atoms with Gasteiger partial charge in [-0.2, -0.15) is 0 Å². The van der Waals surface area contributed by atoms with Crippen molar-refractivity contribution in [1.82, 2.24) is 4.98 Å². The molecule has 0 aliphatic heterocycles. The molecule has 0 radical (unpaired) electrons. The molecule has 4 nitrogen and oxygen atoms in total. The van der Waals surface area contributed by atoms with Gasteiger partial charge in [0, 0.05) is 23.1 Å². The molecule has 4 heteroatoms. The first-order chi connectivity index (χ1) is 8.66. The van der Waals surface area contributed by atoms with Crippen LogP contribution in [0.2, 0.25) is 0 Å². The predicted molar refractivity (Wildman–Crippen MR) is 70.8 cm³/mol. The lowest BCUT2D eigenvalue weighted by molar-refractivity contribution is -0.138. The molecule has 94 valence electrons. The van der Waals surface area contributed by atoms with E-state index in [0.717, 1.165) is 29.9 Å². The zero-order valence-corrected chi connectivity index (χ0v) is 10.2. The number of hydrogen-bond donors (Lipinski definition) is 3. The Hall–Kier alpha value is -1.97. The number of benzene rings is 1. The highest BCUT2D eigenvalue weighted by molar-refractivity contribution is 5.94. The number of aromatic amines is 1. The highest BCUT2D eigenvalue weighted by atomic mass is 16.4. The Morgan fingerprint density at radius 2 is 2.28 bits per heavy atom. The quantitative estimate of drug-likeness (QED) is 0.774. The Balaban J connectivity index is 1.75. The molecule has 1 aromatic heterocycles. The number of carboxylic acids is 1. The highest BCUT2D eigenvalue weighted by Gasteiger charge is 2.42. The molecule has 3 rings (SSSR count). The van der Waals surface area contributed by atoms with Crippen LogP contribution in [0.15, 0.2) is 24.3 Å². The van der Waals surface area contributed by atoms with Crippen LogP contribution in [0.5, 0.6) is 0 Å². The van der Waals surface area contributed by atoms with Crippen molar-refractivity contribution >= 4 is 22.6 Å². The van der Waals surface area contributed by atoms with Crippen LogP contribution in [0.4, 0.5) is 5.69 Å². The number of carbonyl (C=O) groups is 1. The third-order valence-electron chi connectivity index (χ3n) is 3.67. The van der Waals surface area contributed by atoms with E-state index >= 15 is 0 Å². The predicted octanol–water partition coefficient (Wildman–Crippen LogP) is 2.61. The van der Waals surface area contributed by atoms with Crippen LogP contribution in [0.1, 0.15) is 12.1 Å². The normalized spacial score (nSPS) is 22.1. The van der Waals surface area contributed by atoms with E-state index < -0.39 is 5.97 Å².